The van der Waals surface area contributed by atoms with Crippen molar-refractivity contribution in [1.82, 2.24) is 9.78 Å². The number of hydrogen-bond acceptors (Lipinski definition) is 2. The lowest BCUT2D eigenvalue weighted by Gasteiger charge is -2.07. The zero-order valence-corrected chi connectivity index (χ0v) is 10.2. The van der Waals surface area contributed by atoms with Gasteiger partial charge in [0.25, 0.3) is 0 Å². The van der Waals surface area contributed by atoms with E-state index in [2.05, 4.69) is 5.10 Å². The molecule has 5 heteroatoms. The van der Waals surface area contributed by atoms with Gasteiger partial charge < -0.3 is 5.73 Å². The largest absolute Gasteiger partial charge is 0.389 e. The minimum Gasteiger partial charge on any atom is -0.389 e. The fourth-order valence-electron chi connectivity index (χ4n) is 1.55. The molecule has 3 nitrogen and oxygen atoms in total. The van der Waals surface area contributed by atoms with E-state index in [4.69, 9.17) is 18.0 Å². The van der Waals surface area contributed by atoms with Crippen LogP contribution >= 0.6 is 12.2 Å². The van der Waals surface area contributed by atoms with E-state index < -0.39 is 0 Å². The van der Waals surface area contributed by atoms with Gasteiger partial charge >= 0.3 is 0 Å². The Morgan fingerprint density at radius 1 is 1.47 bits per heavy atom. The van der Waals surface area contributed by atoms with E-state index in [0.717, 1.165) is 5.69 Å². The van der Waals surface area contributed by atoms with Crippen LogP contribution in [0.2, 0.25) is 0 Å². The molecule has 0 fully saturated rings. The maximum Gasteiger partial charge on any atom is 0.128 e. The topological polar surface area (TPSA) is 43.8 Å². The first-order chi connectivity index (χ1) is 8.08. The highest BCUT2D eigenvalue weighted by Crippen LogP contribution is 2.12. The third-order valence-electron chi connectivity index (χ3n) is 2.59. The first-order valence-corrected chi connectivity index (χ1v) is 5.55. The van der Waals surface area contributed by atoms with E-state index in [-0.39, 0.29) is 10.8 Å². The summed E-state index contributed by atoms with van der Waals surface area (Å²) in [7, 11) is 0. The average Bonchev–Trinajstić information content (AvgIpc) is 2.67. The van der Waals surface area contributed by atoms with E-state index in [9.17, 15) is 4.39 Å². The second-order valence-electron chi connectivity index (χ2n) is 3.80. The molecule has 2 rings (SSSR count). The van der Waals surface area contributed by atoms with Gasteiger partial charge in [-0.3, -0.25) is 4.68 Å². The normalized spacial score (nSPS) is 10.5. The van der Waals surface area contributed by atoms with Gasteiger partial charge in [0.1, 0.15) is 10.8 Å². The average molecular weight is 249 g/mol. The molecule has 0 atom stereocenters. The van der Waals surface area contributed by atoms with Crippen molar-refractivity contribution in [2.45, 2.75) is 13.5 Å². The summed E-state index contributed by atoms with van der Waals surface area (Å²) in [5, 5.41) is 4.11. The zero-order chi connectivity index (χ0) is 12.4. The van der Waals surface area contributed by atoms with Gasteiger partial charge in [-0.05, 0) is 19.1 Å². The summed E-state index contributed by atoms with van der Waals surface area (Å²) in [6.07, 6.45) is 1.69. The molecule has 0 aliphatic carbocycles. The molecule has 1 heterocycles. The monoisotopic (exact) mass is 249 g/mol. The third-order valence-corrected chi connectivity index (χ3v) is 2.82. The van der Waals surface area contributed by atoms with Crippen LogP contribution in [0.1, 0.15) is 16.8 Å². The Kier molecular flexibility index (Phi) is 3.19. The molecule has 17 heavy (non-hydrogen) atoms. The lowest BCUT2D eigenvalue weighted by molar-refractivity contribution is 0.580. The number of aryl methyl sites for hydroxylation is 1. The molecule has 2 aromatic rings. The van der Waals surface area contributed by atoms with Crippen molar-refractivity contribution in [1.29, 1.82) is 0 Å². The second-order valence-corrected chi connectivity index (χ2v) is 4.24. The van der Waals surface area contributed by atoms with Crippen LogP contribution in [0.5, 0.6) is 0 Å². The van der Waals surface area contributed by atoms with Crippen LogP contribution in [0.15, 0.2) is 30.5 Å². The molecular formula is C12H12FN3S. The molecule has 0 bridgehead atoms. The second kappa shape index (κ2) is 4.63. The first kappa shape index (κ1) is 11.7. The minimum atomic E-state index is -0.315. The Morgan fingerprint density at radius 2 is 2.24 bits per heavy atom. The highest BCUT2D eigenvalue weighted by Gasteiger charge is 2.07. The van der Waals surface area contributed by atoms with Gasteiger partial charge in [0.2, 0.25) is 0 Å². The van der Waals surface area contributed by atoms with Gasteiger partial charge in [-0.25, -0.2) is 4.39 Å². The molecule has 0 saturated heterocycles. The van der Waals surface area contributed by atoms with Crippen molar-refractivity contribution in [2.24, 2.45) is 5.73 Å². The molecule has 1 aromatic carbocycles. The maximum atomic E-state index is 13.8. The van der Waals surface area contributed by atoms with Crippen LogP contribution in [0.25, 0.3) is 0 Å². The fourth-order valence-corrected chi connectivity index (χ4v) is 1.68. The molecule has 88 valence electrons. The van der Waals surface area contributed by atoms with Gasteiger partial charge in [-0.2, -0.15) is 5.10 Å². The third kappa shape index (κ3) is 2.50. The summed E-state index contributed by atoms with van der Waals surface area (Å²) in [4.78, 5) is 0.200. The number of nitrogens with zero attached hydrogens (tertiary/aromatic N) is 2. The van der Waals surface area contributed by atoms with Crippen LogP contribution in [0.4, 0.5) is 4.39 Å². The lowest BCUT2D eigenvalue weighted by atomic mass is 10.1. The number of aromatic nitrogens is 2. The number of hydrogen-bond donors (Lipinski definition) is 1. The van der Waals surface area contributed by atoms with E-state index in [1.807, 2.05) is 13.0 Å². The van der Waals surface area contributed by atoms with E-state index >= 15 is 0 Å². The van der Waals surface area contributed by atoms with Crippen LogP contribution in [-0.2, 0) is 6.54 Å². The first-order valence-electron chi connectivity index (χ1n) is 5.14. The Bertz CT molecular complexity index is 563. The van der Waals surface area contributed by atoms with Crippen molar-refractivity contribution in [3.8, 4) is 0 Å². The van der Waals surface area contributed by atoms with Crippen molar-refractivity contribution in [3.05, 3.63) is 53.1 Å². The highest BCUT2D eigenvalue weighted by molar-refractivity contribution is 7.80. The maximum absolute atomic E-state index is 13.8. The van der Waals surface area contributed by atoms with E-state index in [1.165, 1.54) is 6.07 Å². The summed E-state index contributed by atoms with van der Waals surface area (Å²) in [6, 6.07) is 6.64. The molecule has 0 saturated carbocycles. The van der Waals surface area contributed by atoms with E-state index in [1.54, 1.807) is 23.0 Å². The minimum absolute atomic E-state index is 0.200. The lowest BCUT2D eigenvalue weighted by Crippen LogP contribution is -2.11. The van der Waals surface area contributed by atoms with Crippen molar-refractivity contribution in [3.63, 3.8) is 0 Å². The summed E-state index contributed by atoms with van der Waals surface area (Å²) in [5.41, 5.74) is 7.54. The zero-order valence-electron chi connectivity index (χ0n) is 9.35. The van der Waals surface area contributed by atoms with Gasteiger partial charge in [0, 0.05) is 23.0 Å². The number of halogens is 1. The Labute approximate surface area is 104 Å². The van der Waals surface area contributed by atoms with Crippen LogP contribution < -0.4 is 5.73 Å². The van der Waals surface area contributed by atoms with Gasteiger partial charge in [0.15, 0.2) is 0 Å². The molecule has 0 amide bonds. The molecular weight excluding hydrogens is 237 g/mol. The molecule has 0 unspecified atom stereocenters. The predicted molar refractivity (Wildman–Crippen MR) is 68.4 cm³/mol. The number of thiocarbonyl (C=S) groups is 1. The Morgan fingerprint density at radius 3 is 2.76 bits per heavy atom. The van der Waals surface area contributed by atoms with Gasteiger partial charge in [0.05, 0.1) is 6.54 Å². The highest BCUT2D eigenvalue weighted by atomic mass is 32.1. The molecule has 0 aliphatic rings. The standard InChI is InChI=1S/C12H12FN3S/c1-8-4-5-15-16(8)7-10-3-2-9(12(14)17)6-11(10)13/h2-6H,7H2,1H3,(H2,14,17). The summed E-state index contributed by atoms with van der Waals surface area (Å²) >= 11 is 4.80. The molecule has 2 N–H and O–H groups in total. The molecule has 0 spiro atoms. The fraction of sp³-hybridized carbons (Fsp3) is 0.167. The molecule has 1 aromatic heterocycles. The predicted octanol–water partition coefficient (Wildman–Crippen LogP) is 2.01. The number of nitrogens with two attached hydrogens (primary N) is 1. The number of benzene rings is 1. The van der Waals surface area contributed by atoms with Crippen LogP contribution in [0, 0.1) is 12.7 Å². The van der Waals surface area contributed by atoms with Crippen LogP contribution in [0.3, 0.4) is 0 Å². The molecule has 0 aliphatic heterocycles. The SMILES string of the molecule is Cc1ccnn1Cc1ccc(C(N)=S)cc1F. The van der Waals surface area contributed by atoms with Crippen LogP contribution in [-0.4, -0.2) is 14.8 Å². The van der Waals surface area contributed by atoms with E-state index in [0.29, 0.717) is 17.7 Å². The van der Waals surface area contributed by atoms with Crippen molar-refractivity contribution < 1.29 is 4.39 Å². The quantitative estimate of drug-likeness (QED) is 0.846. The molecule has 0 radical (unpaired) electrons. The van der Waals surface area contributed by atoms with Gasteiger partial charge in [-0.15, -0.1) is 0 Å². The smallest absolute Gasteiger partial charge is 0.128 e. The summed E-state index contributed by atoms with van der Waals surface area (Å²) in [6.45, 7) is 2.33. The van der Waals surface area contributed by atoms with Gasteiger partial charge in [-0.1, -0.05) is 24.4 Å². The number of rotatable bonds is 3. The van der Waals surface area contributed by atoms with Crippen molar-refractivity contribution >= 4 is 17.2 Å². The summed E-state index contributed by atoms with van der Waals surface area (Å²) in [5.74, 6) is -0.315. The van der Waals surface area contributed by atoms with Crippen molar-refractivity contribution in [2.75, 3.05) is 0 Å². The Hall–Kier alpha value is -1.75. The summed E-state index contributed by atoms with van der Waals surface area (Å²) < 4.78 is 15.5. The Balaban J connectivity index is 2.29.